The fourth-order valence-corrected chi connectivity index (χ4v) is 5.42. The molecule has 2 aromatic heterocycles. The highest BCUT2D eigenvalue weighted by Gasteiger charge is 2.43. The van der Waals surface area contributed by atoms with Crippen LogP contribution in [0, 0.1) is 5.92 Å². The van der Waals surface area contributed by atoms with Gasteiger partial charge in [-0.1, -0.05) is 12.1 Å². The van der Waals surface area contributed by atoms with Crippen molar-refractivity contribution in [1.29, 1.82) is 0 Å². The SMILES string of the molecule is c1cncc(CC2C(Oc3ccc(-c4ccc5c(c4)CCN5)nn3)C3CCN2CC3)c1. The van der Waals surface area contributed by atoms with Crippen LogP contribution in [0.4, 0.5) is 5.69 Å². The van der Waals surface area contributed by atoms with Crippen LogP contribution in [0.3, 0.4) is 0 Å². The number of hydrogen-bond acceptors (Lipinski definition) is 6. The second-order valence-electron chi connectivity index (χ2n) is 8.89. The molecule has 4 aliphatic rings. The maximum absolute atomic E-state index is 6.49. The zero-order valence-electron chi connectivity index (χ0n) is 17.6. The molecule has 1 N–H and O–H groups in total. The van der Waals surface area contributed by atoms with E-state index in [2.05, 4.69) is 49.7 Å². The van der Waals surface area contributed by atoms with E-state index in [1.165, 1.54) is 29.7 Å². The van der Waals surface area contributed by atoms with Crippen molar-refractivity contribution in [3.8, 4) is 17.1 Å². The molecule has 31 heavy (non-hydrogen) atoms. The number of benzene rings is 1. The summed E-state index contributed by atoms with van der Waals surface area (Å²) in [7, 11) is 0. The zero-order valence-corrected chi connectivity index (χ0v) is 17.6. The monoisotopic (exact) mass is 413 g/mol. The molecule has 6 heterocycles. The zero-order chi connectivity index (χ0) is 20.6. The Morgan fingerprint density at radius 2 is 2.00 bits per heavy atom. The Labute approximate surface area is 182 Å². The average molecular weight is 414 g/mol. The largest absolute Gasteiger partial charge is 0.471 e. The van der Waals surface area contributed by atoms with Crippen LogP contribution in [0.2, 0.25) is 0 Å². The van der Waals surface area contributed by atoms with Crippen LogP contribution < -0.4 is 10.1 Å². The van der Waals surface area contributed by atoms with Gasteiger partial charge in [0.25, 0.3) is 0 Å². The number of ether oxygens (including phenoxy) is 1. The minimum Gasteiger partial charge on any atom is -0.471 e. The molecule has 3 aromatic rings. The van der Waals surface area contributed by atoms with E-state index in [-0.39, 0.29) is 6.10 Å². The van der Waals surface area contributed by atoms with Crippen molar-refractivity contribution in [3.05, 3.63) is 66.0 Å². The number of hydrogen-bond donors (Lipinski definition) is 1. The van der Waals surface area contributed by atoms with Crippen molar-refractivity contribution in [2.75, 3.05) is 25.0 Å². The van der Waals surface area contributed by atoms with Crippen molar-refractivity contribution < 1.29 is 4.74 Å². The highest BCUT2D eigenvalue weighted by molar-refractivity contribution is 5.67. The summed E-state index contributed by atoms with van der Waals surface area (Å²) < 4.78 is 6.49. The van der Waals surface area contributed by atoms with Crippen LogP contribution in [0.5, 0.6) is 5.88 Å². The van der Waals surface area contributed by atoms with Gasteiger partial charge in [0.15, 0.2) is 0 Å². The molecule has 7 rings (SSSR count). The van der Waals surface area contributed by atoms with Gasteiger partial charge in [-0.25, -0.2) is 0 Å². The minimum absolute atomic E-state index is 0.147. The van der Waals surface area contributed by atoms with Gasteiger partial charge in [0, 0.05) is 36.3 Å². The molecule has 2 atom stereocenters. The summed E-state index contributed by atoms with van der Waals surface area (Å²) in [6, 6.07) is 15.0. The summed E-state index contributed by atoms with van der Waals surface area (Å²) in [6.07, 6.45) is 8.38. The number of rotatable bonds is 5. The Balaban J connectivity index is 1.21. The fourth-order valence-electron chi connectivity index (χ4n) is 5.42. The fraction of sp³-hybridized carbons (Fsp3) is 0.400. The summed E-state index contributed by atoms with van der Waals surface area (Å²) in [5, 5.41) is 12.3. The van der Waals surface area contributed by atoms with Crippen LogP contribution in [0.1, 0.15) is 24.0 Å². The maximum Gasteiger partial charge on any atom is 0.233 e. The average Bonchev–Trinajstić information content (AvgIpc) is 3.30. The van der Waals surface area contributed by atoms with Crippen molar-refractivity contribution >= 4 is 5.69 Å². The Morgan fingerprint density at radius 1 is 1.06 bits per heavy atom. The van der Waals surface area contributed by atoms with Gasteiger partial charge in [-0.2, -0.15) is 0 Å². The van der Waals surface area contributed by atoms with Gasteiger partial charge in [0.2, 0.25) is 5.88 Å². The molecule has 1 aromatic carbocycles. The normalized spacial score (nSPS) is 26.3. The molecule has 0 radical (unpaired) electrons. The van der Waals surface area contributed by atoms with E-state index in [9.17, 15) is 0 Å². The lowest BCUT2D eigenvalue weighted by atomic mass is 9.78. The van der Waals surface area contributed by atoms with Crippen LogP contribution in [-0.2, 0) is 12.8 Å². The van der Waals surface area contributed by atoms with Crippen molar-refractivity contribution in [2.45, 2.75) is 37.8 Å². The minimum atomic E-state index is 0.147. The number of piperidine rings is 3. The van der Waals surface area contributed by atoms with Gasteiger partial charge in [-0.3, -0.25) is 9.88 Å². The number of anilines is 1. The number of fused-ring (bicyclic) bond motifs is 4. The standard InChI is InChI=1S/C25H27N5O/c1-2-17(16-26-10-1)14-23-25(18-8-12-30(23)13-9-18)31-24-6-5-22(28-29-24)19-3-4-21-20(15-19)7-11-27-21/h1-6,10,15-16,18,23,25,27H,7-9,11-14H2. The molecule has 6 heteroatoms. The molecule has 3 saturated heterocycles. The molecular formula is C25H27N5O. The Hall–Kier alpha value is -2.99. The smallest absolute Gasteiger partial charge is 0.233 e. The van der Waals surface area contributed by atoms with E-state index < -0.39 is 0 Å². The molecule has 0 amide bonds. The number of nitrogens with zero attached hydrogens (tertiary/aromatic N) is 4. The first-order valence-corrected chi connectivity index (χ1v) is 11.3. The quantitative estimate of drug-likeness (QED) is 0.690. The van der Waals surface area contributed by atoms with Crippen LogP contribution >= 0.6 is 0 Å². The third kappa shape index (κ3) is 3.65. The Kier molecular flexibility index (Phi) is 4.80. The third-order valence-corrected chi connectivity index (χ3v) is 7.06. The van der Waals surface area contributed by atoms with Crippen molar-refractivity contribution in [1.82, 2.24) is 20.1 Å². The van der Waals surface area contributed by atoms with Gasteiger partial charge >= 0.3 is 0 Å². The first-order chi connectivity index (χ1) is 15.3. The van der Waals surface area contributed by atoms with E-state index >= 15 is 0 Å². The summed E-state index contributed by atoms with van der Waals surface area (Å²) in [4.78, 5) is 6.88. The molecule has 0 aliphatic carbocycles. The molecular weight excluding hydrogens is 386 g/mol. The maximum atomic E-state index is 6.49. The van der Waals surface area contributed by atoms with Gasteiger partial charge in [0.1, 0.15) is 6.10 Å². The molecule has 6 nitrogen and oxygen atoms in total. The molecule has 2 bridgehead atoms. The van der Waals surface area contributed by atoms with Gasteiger partial charge < -0.3 is 10.1 Å². The van der Waals surface area contributed by atoms with Gasteiger partial charge in [-0.05, 0) is 80.1 Å². The topological polar surface area (TPSA) is 63.2 Å². The van der Waals surface area contributed by atoms with E-state index in [4.69, 9.17) is 4.74 Å². The van der Waals surface area contributed by atoms with Crippen LogP contribution in [0.15, 0.2) is 54.9 Å². The molecule has 0 saturated carbocycles. The van der Waals surface area contributed by atoms with Gasteiger partial charge in [0.05, 0.1) is 11.7 Å². The lowest BCUT2D eigenvalue weighted by Gasteiger charge is -2.50. The van der Waals surface area contributed by atoms with Gasteiger partial charge in [-0.15, -0.1) is 10.2 Å². The summed E-state index contributed by atoms with van der Waals surface area (Å²) in [5.41, 5.74) is 5.85. The molecule has 2 unspecified atom stereocenters. The van der Waals surface area contributed by atoms with E-state index in [1.807, 2.05) is 30.6 Å². The highest BCUT2D eigenvalue weighted by atomic mass is 16.5. The van der Waals surface area contributed by atoms with Crippen LogP contribution in [0.25, 0.3) is 11.3 Å². The Bertz CT molecular complexity index is 1050. The Morgan fingerprint density at radius 3 is 2.81 bits per heavy atom. The lowest BCUT2D eigenvalue weighted by molar-refractivity contribution is -0.0599. The van der Waals surface area contributed by atoms with Crippen LogP contribution in [-0.4, -0.2) is 51.9 Å². The first-order valence-electron chi connectivity index (χ1n) is 11.3. The van der Waals surface area contributed by atoms with E-state index in [0.717, 1.165) is 43.7 Å². The predicted molar refractivity (Wildman–Crippen MR) is 120 cm³/mol. The molecule has 4 aliphatic heterocycles. The number of aromatic nitrogens is 3. The second-order valence-corrected chi connectivity index (χ2v) is 8.89. The number of pyridine rings is 1. The molecule has 0 spiro atoms. The summed E-state index contributed by atoms with van der Waals surface area (Å²) in [5.74, 6) is 1.21. The van der Waals surface area contributed by atoms with Crippen molar-refractivity contribution in [2.24, 2.45) is 5.92 Å². The molecule has 3 fully saturated rings. The third-order valence-electron chi connectivity index (χ3n) is 7.06. The first kappa shape index (κ1) is 18.8. The van der Waals surface area contributed by atoms with E-state index in [1.54, 1.807) is 0 Å². The number of nitrogens with one attached hydrogen (secondary N) is 1. The summed E-state index contributed by atoms with van der Waals surface area (Å²) in [6.45, 7) is 3.33. The summed E-state index contributed by atoms with van der Waals surface area (Å²) >= 11 is 0. The molecule has 158 valence electrons. The predicted octanol–water partition coefficient (Wildman–Crippen LogP) is 3.59. The second kappa shape index (κ2) is 7.93. The van der Waals surface area contributed by atoms with Crippen molar-refractivity contribution in [3.63, 3.8) is 0 Å². The van der Waals surface area contributed by atoms with E-state index in [0.29, 0.717) is 17.8 Å². The lowest BCUT2D eigenvalue weighted by Crippen LogP contribution is -2.60. The highest BCUT2D eigenvalue weighted by Crippen LogP contribution is 2.36.